The number of nitrogens with zero attached hydrogens (tertiary/aromatic N) is 4. The molecule has 3 aromatic carbocycles. The molecular weight excluding hydrogens is 600 g/mol. The maximum Gasteiger partial charge on any atom is 0.338 e. The summed E-state index contributed by atoms with van der Waals surface area (Å²) in [5.41, 5.74) is 4.57. The minimum Gasteiger partial charge on any atom is -0.497 e. The third-order valence-corrected chi connectivity index (χ3v) is 8.58. The highest BCUT2D eigenvalue weighted by Gasteiger charge is 2.33. The highest BCUT2D eigenvalue weighted by molar-refractivity contribution is 7.07. The summed E-state index contributed by atoms with van der Waals surface area (Å²) in [5.74, 6) is 0.952. The third kappa shape index (κ3) is 6.03. The summed E-state index contributed by atoms with van der Waals surface area (Å²) in [7, 11) is 1.59. The van der Waals surface area contributed by atoms with Gasteiger partial charge in [0, 0.05) is 17.3 Å². The normalized spacial score (nSPS) is 14.5. The molecule has 1 atom stereocenters. The third-order valence-electron chi connectivity index (χ3n) is 7.60. The number of esters is 1. The van der Waals surface area contributed by atoms with Crippen LogP contribution in [0, 0.1) is 0 Å². The van der Waals surface area contributed by atoms with Gasteiger partial charge in [0.15, 0.2) is 4.80 Å². The van der Waals surface area contributed by atoms with Gasteiger partial charge in [-0.15, -0.1) is 0 Å². The smallest absolute Gasteiger partial charge is 0.338 e. The highest BCUT2D eigenvalue weighted by Crippen LogP contribution is 2.32. The zero-order valence-electron chi connectivity index (χ0n) is 26.1. The van der Waals surface area contributed by atoms with E-state index in [-0.39, 0.29) is 12.2 Å². The Hall–Kier alpha value is -5.22. The predicted octanol–water partition coefficient (Wildman–Crippen LogP) is 5.45. The Balaban J connectivity index is 1.51. The van der Waals surface area contributed by atoms with Gasteiger partial charge in [-0.25, -0.2) is 14.5 Å². The van der Waals surface area contributed by atoms with Gasteiger partial charge in [-0.3, -0.25) is 9.36 Å². The zero-order chi connectivity index (χ0) is 32.2. The molecule has 0 bridgehead atoms. The molecule has 2 aromatic heterocycles. The number of fused-ring (bicyclic) bond motifs is 1. The first-order valence-electron chi connectivity index (χ1n) is 15.1. The fourth-order valence-electron chi connectivity index (χ4n) is 5.39. The molecule has 1 aliphatic rings. The number of allylic oxidation sites excluding steroid dienone is 1. The van der Waals surface area contributed by atoms with Crippen molar-refractivity contribution in [2.24, 2.45) is 4.99 Å². The van der Waals surface area contributed by atoms with Crippen LogP contribution in [0.3, 0.4) is 0 Å². The number of carbonyl (C=O) groups excluding carboxylic acids is 1. The van der Waals surface area contributed by atoms with Crippen LogP contribution in [0.15, 0.2) is 106 Å². The fraction of sp³-hybridized carbons (Fsp3) is 0.222. The van der Waals surface area contributed by atoms with Crippen LogP contribution in [0.25, 0.3) is 23.0 Å². The summed E-state index contributed by atoms with van der Waals surface area (Å²) < 4.78 is 20.4. The molecule has 0 radical (unpaired) electrons. The number of aromatic nitrogens is 3. The molecule has 3 heterocycles. The molecule has 0 N–H and O–H groups in total. The van der Waals surface area contributed by atoms with Gasteiger partial charge in [0.05, 0.1) is 47.9 Å². The molecule has 0 amide bonds. The highest BCUT2D eigenvalue weighted by atomic mass is 32.1. The standard InChI is InChI=1S/C36H34N4O5S/c1-5-20-45-29-18-12-24(13-19-29)32-26(22-39(38-32)27-10-8-7-9-11-27)21-30-34(41)40-33(25-14-16-28(43-4)17-15-25)31(35(42)44-6-2)23(3)37-36(40)46-30/h7-19,21-22,33H,5-6,20H2,1-4H3. The number of hydrogen-bond donors (Lipinski definition) is 0. The van der Waals surface area contributed by atoms with Crippen LogP contribution in [0.1, 0.15) is 44.4 Å². The maximum atomic E-state index is 14.3. The molecule has 6 rings (SSSR count). The Morgan fingerprint density at radius 2 is 1.70 bits per heavy atom. The Morgan fingerprint density at radius 3 is 2.37 bits per heavy atom. The molecule has 5 aromatic rings. The largest absolute Gasteiger partial charge is 0.497 e. The second-order valence-corrected chi connectivity index (χ2v) is 11.7. The van der Waals surface area contributed by atoms with Gasteiger partial charge in [-0.05, 0) is 80.4 Å². The van der Waals surface area contributed by atoms with Gasteiger partial charge >= 0.3 is 5.97 Å². The lowest BCUT2D eigenvalue weighted by Gasteiger charge is -2.24. The van der Waals surface area contributed by atoms with Crippen molar-refractivity contribution in [3.63, 3.8) is 0 Å². The average Bonchev–Trinajstić information content (AvgIpc) is 3.64. The SMILES string of the molecule is CCCOc1ccc(-c2nn(-c3ccccc3)cc2C=c2sc3n(c2=O)C(c2ccc(OC)cc2)C(C(=O)OCC)=C(C)N=3)cc1. The van der Waals surface area contributed by atoms with Gasteiger partial charge in [0.1, 0.15) is 17.2 Å². The molecule has 0 saturated carbocycles. The van der Waals surface area contributed by atoms with E-state index in [0.29, 0.717) is 38.7 Å². The number of thiazole rings is 1. The van der Waals surface area contributed by atoms with Gasteiger partial charge in [-0.2, -0.15) is 5.10 Å². The van der Waals surface area contributed by atoms with Gasteiger partial charge in [0.2, 0.25) is 0 Å². The van der Waals surface area contributed by atoms with E-state index in [4.69, 9.17) is 24.3 Å². The lowest BCUT2D eigenvalue weighted by Crippen LogP contribution is -2.39. The van der Waals surface area contributed by atoms with E-state index in [1.165, 1.54) is 11.3 Å². The van der Waals surface area contributed by atoms with Gasteiger partial charge < -0.3 is 14.2 Å². The molecule has 1 aliphatic heterocycles. The molecule has 0 saturated heterocycles. The van der Waals surface area contributed by atoms with Gasteiger partial charge in [-0.1, -0.05) is 48.6 Å². The second-order valence-electron chi connectivity index (χ2n) is 10.7. The van der Waals surface area contributed by atoms with E-state index in [9.17, 15) is 9.59 Å². The van der Waals surface area contributed by atoms with E-state index in [2.05, 4.69) is 6.92 Å². The average molecular weight is 635 g/mol. The Morgan fingerprint density at radius 1 is 0.978 bits per heavy atom. The topological polar surface area (TPSA) is 96.9 Å². The lowest BCUT2D eigenvalue weighted by molar-refractivity contribution is -0.139. The first kappa shape index (κ1) is 30.8. The summed E-state index contributed by atoms with van der Waals surface area (Å²) in [6, 6.07) is 24.2. The molecule has 10 heteroatoms. The van der Waals surface area contributed by atoms with Crippen molar-refractivity contribution < 1.29 is 19.0 Å². The maximum absolute atomic E-state index is 14.3. The summed E-state index contributed by atoms with van der Waals surface area (Å²) >= 11 is 1.27. The van der Waals surface area contributed by atoms with E-state index in [1.807, 2.05) is 95.8 Å². The Labute approximate surface area is 270 Å². The van der Waals surface area contributed by atoms with Crippen molar-refractivity contribution in [3.05, 3.63) is 127 Å². The van der Waals surface area contributed by atoms with Crippen LogP contribution in [0.2, 0.25) is 0 Å². The van der Waals surface area contributed by atoms with E-state index >= 15 is 0 Å². The predicted molar refractivity (Wildman–Crippen MR) is 178 cm³/mol. The first-order chi connectivity index (χ1) is 22.4. The number of carbonyl (C=O) groups is 1. The van der Waals surface area contributed by atoms with Crippen molar-refractivity contribution in [2.45, 2.75) is 33.2 Å². The zero-order valence-corrected chi connectivity index (χ0v) is 26.9. The summed E-state index contributed by atoms with van der Waals surface area (Å²) in [6.45, 7) is 6.44. The molecule has 0 spiro atoms. The quantitative estimate of drug-likeness (QED) is 0.190. The van der Waals surface area contributed by atoms with Crippen molar-refractivity contribution >= 4 is 23.4 Å². The van der Waals surface area contributed by atoms with Crippen molar-refractivity contribution in [3.8, 4) is 28.4 Å². The van der Waals surface area contributed by atoms with E-state index in [0.717, 1.165) is 34.5 Å². The van der Waals surface area contributed by atoms with Crippen LogP contribution in [-0.4, -0.2) is 40.6 Å². The Bertz CT molecular complexity index is 2080. The second kappa shape index (κ2) is 13.4. The van der Waals surface area contributed by atoms with Crippen LogP contribution < -0.4 is 24.4 Å². The van der Waals surface area contributed by atoms with Crippen molar-refractivity contribution in [1.82, 2.24) is 14.3 Å². The van der Waals surface area contributed by atoms with Crippen LogP contribution >= 0.6 is 11.3 Å². The van der Waals surface area contributed by atoms with Crippen molar-refractivity contribution in [2.75, 3.05) is 20.3 Å². The number of benzene rings is 3. The minimum atomic E-state index is -0.717. The molecular formula is C36H34N4O5S. The van der Waals surface area contributed by atoms with Gasteiger partial charge in [0.25, 0.3) is 5.56 Å². The number of para-hydroxylation sites is 1. The molecule has 1 unspecified atom stereocenters. The first-order valence-corrected chi connectivity index (χ1v) is 16.0. The fourth-order valence-corrected chi connectivity index (χ4v) is 6.43. The minimum absolute atomic E-state index is 0.204. The lowest BCUT2D eigenvalue weighted by atomic mass is 9.96. The van der Waals surface area contributed by atoms with Crippen LogP contribution in [0.4, 0.5) is 0 Å². The van der Waals surface area contributed by atoms with E-state index < -0.39 is 12.0 Å². The molecule has 46 heavy (non-hydrogen) atoms. The molecule has 0 aliphatic carbocycles. The number of methoxy groups -OCH3 is 1. The van der Waals surface area contributed by atoms with E-state index in [1.54, 1.807) is 25.5 Å². The summed E-state index contributed by atoms with van der Waals surface area (Å²) in [5, 5.41) is 4.93. The molecule has 0 fully saturated rings. The summed E-state index contributed by atoms with van der Waals surface area (Å²) in [6.07, 6.45) is 4.69. The number of ether oxygens (including phenoxy) is 3. The summed E-state index contributed by atoms with van der Waals surface area (Å²) in [4.78, 5) is 32.7. The molecule has 234 valence electrons. The Kier molecular flexibility index (Phi) is 8.98. The monoisotopic (exact) mass is 634 g/mol. The van der Waals surface area contributed by atoms with Crippen LogP contribution in [0.5, 0.6) is 11.5 Å². The van der Waals surface area contributed by atoms with Crippen LogP contribution in [-0.2, 0) is 9.53 Å². The molecule has 9 nitrogen and oxygen atoms in total. The number of rotatable bonds is 10. The number of hydrogen-bond acceptors (Lipinski definition) is 8. The van der Waals surface area contributed by atoms with Crippen molar-refractivity contribution in [1.29, 1.82) is 0 Å².